The van der Waals surface area contributed by atoms with E-state index in [1.54, 1.807) is 0 Å². The van der Waals surface area contributed by atoms with Crippen molar-refractivity contribution in [2.75, 3.05) is 6.54 Å². The molecule has 0 saturated heterocycles. The SMILES string of the molecule is NCC(O)C(O)c1cccc(C=O)c1F. The van der Waals surface area contributed by atoms with Crippen LogP contribution in [0.2, 0.25) is 0 Å². The lowest BCUT2D eigenvalue weighted by Crippen LogP contribution is -2.27. The largest absolute Gasteiger partial charge is 0.389 e. The minimum atomic E-state index is -1.42. The molecule has 4 N–H and O–H groups in total. The van der Waals surface area contributed by atoms with Gasteiger partial charge in [-0.25, -0.2) is 4.39 Å². The summed E-state index contributed by atoms with van der Waals surface area (Å²) in [4.78, 5) is 10.4. The molecule has 0 spiro atoms. The molecule has 2 atom stereocenters. The van der Waals surface area contributed by atoms with Crippen LogP contribution in [0.5, 0.6) is 0 Å². The molecule has 4 nitrogen and oxygen atoms in total. The zero-order chi connectivity index (χ0) is 11.4. The number of nitrogens with two attached hydrogens (primary N) is 1. The van der Waals surface area contributed by atoms with Crippen LogP contribution in [0.15, 0.2) is 18.2 Å². The predicted octanol–water partition coefficient (Wildman–Crippen LogP) is -0.00880. The topological polar surface area (TPSA) is 83.6 Å². The third-order valence-electron chi connectivity index (χ3n) is 2.11. The highest BCUT2D eigenvalue weighted by molar-refractivity contribution is 5.75. The standard InChI is InChI=1S/C10H12FNO3/c11-9-6(5-13)2-1-3-7(9)10(15)8(14)4-12/h1-3,5,8,10,14-15H,4,12H2. The smallest absolute Gasteiger partial charge is 0.153 e. The average molecular weight is 213 g/mol. The molecule has 0 bridgehead atoms. The molecule has 0 aliphatic carbocycles. The number of carbonyl (C=O) groups is 1. The van der Waals surface area contributed by atoms with E-state index < -0.39 is 18.0 Å². The van der Waals surface area contributed by atoms with Crippen molar-refractivity contribution in [1.82, 2.24) is 0 Å². The molecule has 0 fully saturated rings. The van der Waals surface area contributed by atoms with E-state index >= 15 is 0 Å². The summed E-state index contributed by atoms with van der Waals surface area (Å²) in [6.07, 6.45) is -2.32. The van der Waals surface area contributed by atoms with E-state index in [1.807, 2.05) is 0 Å². The van der Waals surface area contributed by atoms with Crippen molar-refractivity contribution in [3.63, 3.8) is 0 Å². The Hall–Kier alpha value is -1.30. The maximum Gasteiger partial charge on any atom is 0.153 e. The molecule has 0 aliphatic heterocycles. The van der Waals surface area contributed by atoms with E-state index in [9.17, 15) is 19.4 Å². The van der Waals surface area contributed by atoms with E-state index in [1.165, 1.54) is 18.2 Å². The normalized spacial score (nSPS) is 14.7. The molecule has 1 rings (SSSR count). The average Bonchev–Trinajstić information content (AvgIpc) is 2.27. The Labute approximate surface area is 86.1 Å². The molecule has 82 valence electrons. The number of carbonyl (C=O) groups excluding carboxylic acids is 1. The lowest BCUT2D eigenvalue weighted by molar-refractivity contribution is 0.0221. The number of halogens is 1. The van der Waals surface area contributed by atoms with Gasteiger partial charge in [0.25, 0.3) is 0 Å². The van der Waals surface area contributed by atoms with E-state index in [0.717, 1.165) is 0 Å². The minimum Gasteiger partial charge on any atom is -0.389 e. The van der Waals surface area contributed by atoms with Crippen LogP contribution in [0.1, 0.15) is 22.0 Å². The predicted molar refractivity (Wildman–Crippen MR) is 51.8 cm³/mol. The van der Waals surface area contributed by atoms with E-state index in [2.05, 4.69) is 0 Å². The van der Waals surface area contributed by atoms with Gasteiger partial charge in [0.05, 0.1) is 11.7 Å². The van der Waals surface area contributed by atoms with Gasteiger partial charge in [0.2, 0.25) is 0 Å². The summed E-state index contributed by atoms with van der Waals surface area (Å²) in [6.45, 7) is -0.189. The quantitative estimate of drug-likeness (QED) is 0.614. The fourth-order valence-corrected chi connectivity index (χ4v) is 1.22. The zero-order valence-electron chi connectivity index (χ0n) is 7.93. The molecule has 5 heteroatoms. The van der Waals surface area contributed by atoms with E-state index in [4.69, 9.17) is 5.73 Å². The Balaban J connectivity index is 3.09. The van der Waals surface area contributed by atoms with Gasteiger partial charge in [-0.05, 0) is 6.07 Å². The highest BCUT2D eigenvalue weighted by Crippen LogP contribution is 2.21. The lowest BCUT2D eigenvalue weighted by atomic mass is 10.0. The summed E-state index contributed by atoms with van der Waals surface area (Å²) >= 11 is 0. The second-order valence-corrected chi connectivity index (χ2v) is 3.12. The number of aliphatic hydroxyl groups is 2. The molecule has 15 heavy (non-hydrogen) atoms. The number of benzene rings is 1. The van der Waals surface area contributed by atoms with Crippen LogP contribution in [-0.2, 0) is 0 Å². The molecule has 1 aromatic rings. The molecule has 0 aliphatic rings. The van der Waals surface area contributed by atoms with E-state index in [0.29, 0.717) is 6.29 Å². The third-order valence-corrected chi connectivity index (χ3v) is 2.11. The van der Waals surface area contributed by atoms with Gasteiger partial charge in [-0.3, -0.25) is 4.79 Å². The number of hydrogen-bond donors (Lipinski definition) is 3. The second-order valence-electron chi connectivity index (χ2n) is 3.12. The highest BCUT2D eigenvalue weighted by atomic mass is 19.1. The van der Waals surface area contributed by atoms with Crippen molar-refractivity contribution in [2.24, 2.45) is 5.73 Å². The number of aliphatic hydroxyl groups excluding tert-OH is 2. The Kier molecular flexibility index (Phi) is 3.90. The minimum absolute atomic E-state index is 0.127. The Morgan fingerprint density at radius 1 is 1.47 bits per heavy atom. The molecule has 0 heterocycles. The summed E-state index contributed by atoms with van der Waals surface area (Å²) in [7, 11) is 0. The summed E-state index contributed by atoms with van der Waals surface area (Å²) in [5, 5.41) is 18.7. The first-order valence-electron chi connectivity index (χ1n) is 4.41. The molecular weight excluding hydrogens is 201 g/mol. The number of aldehydes is 1. The van der Waals surface area contributed by atoms with Crippen molar-refractivity contribution in [2.45, 2.75) is 12.2 Å². The summed E-state index contributed by atoms with van der Waals surface area (Å²) in [6, 6.07) is 4.01. The molecule has 0 saturated carbocycles. The monoisotopic (exact) mass is 213 g/mol. The Bertz CT molecular complexity index is 357. The van der Waals surface area contributed by atoms with E-state index in [-0.39, 0.29) is 17.7 Å². The molecule has 1 aromatic carbocycles. The van der Waals surface area contributed by atoms with Crippen LogP contribution in [-0.4, -0.2) is 29.1 Å². The third kappa shape index (κ3) is 2.38. The van der Waals surface area contributed by atoms with Crippen molar-refractivity contribution >= 4 is 6.29 Å². The molecule has 0 radical (unpaired) electrons. The van der Waals surface area contributed by atoms with Gasteiger partial charge < -0.3 is 15.9 Å². The van der Waals surface area contributed by atoms with Crippen LogP contribution in [0, 0.1) is 5.82 Å². The van der Waals surface area contributed by atoms with Crippen LogP contribution in [0.3, 0.4) is 0 Å². The first-order valence-corrected chi connectivity index (χ1v) is 4.41. The van der Waals surface area contributed by atoms with Crippen LogP contribution in [0.4, 0.5) is 4.39 Å². The van der Waals surface area contributed by atoms with Gasteiger partial charge in [0, 0.05) is 12.1 Å². The lowest BCUT2D eigenvalue weighted by Gasteiger charge is -2.17. The first-order chi connectivity index (χ1) is 7.11. The number of hydrogen-bond acceptors (Lipinski definition) is 4. The maximum absolute atomic E-state index is 13.5. The van der Waals surface area contributed by atoms with Crippen molar-refractivity contribution in [3.8, 4) is 0 Å². The molecule has 0 amide bonds. The zero-order valence-corrected chi connectivity index (χ0v) is 7.93. The highest BCUT2D eigenvalue weighted by Gasteiger charge is 2.21. The van der Waals surface area contributed by atoms with Gasteiger partial charge in [-0.15, -0.1) is 0 Å². The van der Waals surface area contributed by atoms with Gasteiger partial charge in [-0.2, -0.15) is 0 Å². The van der Waals surface area contributed by atoms with Crippen LogP contribution in [0.25, 0.3) is 0 Å². The summed E-state index contributed by atoms with van der Waals surface area (Å²) in [5.74, 6) is -0.826. The van der Waals surface area contributed by atoms with Crippen molar-refractivity contribution in [3.05, 3.63) is 35.1 Å². The van der Waals surface area contributed by atoms with Gasteiger partial charge in [-0.1, -0.05) is 12.1 Å². The van der Waals surface area contributed by atoms with Crippen molar-refractivity contribution in [1.29, 1.82) is 0 Å². The fraction of sp³-hybridized carbons (Fsp3) is 0.300. The Morgan fingerprint density at radius 2 is 2.13 bits per heavy atom. The van der Waals surface area contributed by atoms with Gasteiger partial charge in [0.1, 0.15) is 11.9 Å². The van der Waals surface area contributed by atoms with Gasteiger partial charge >= 0.3 is 0 Å². The maximum atomic E-state index is 13.5. The molecule has 0 aromatic heterocycles. The first kappa shape index (κ1) is 11.8. The van der Waals surface area contributed by atoms with Crippen LogP contribution >= 0.6 is 0 Å². The molecule has 2 unspecified atom stereocenters. The summed E-state index contributed by atoms with van der Waals surface area (Å²) < 4.78 is 13.5. The second kappa shape index (κ2) is 4.97. The van der Waals surface area contributed by atoms with Crippen LogP contribution < -0.4 is 5.73 Å². The van der Waals surface area contributed by atoms with Crippen molar-refractivity contribution < 1.29 is 19.4 Å². The Morgan fingerprint density at radius 3 is 2.67 bits per heavy atom. The fourth-order valence-electron chi connectivity index (χ4n) is 1.22. The van der Waals surface area contributed by atoms with Gasteiger partial charge in [0.15, 0.2) is 6.29 Å². The summed E-state index contributed by atoms with van der Waals surface area (Å²) in [5.41, 5.74) is 4.84. The molecular formula is C10H12FNO3. The number of rotatable bonds is 4.